The molecule has 0 fully saturated rings. The molecule has 0 saturated heterocycles. The van der Waals surface area contributed by atoms with Crippen LogP contribution in [-0.2, 0) is 13.6 Å². The van der Waals surface area contributed by atoms with Crippen molar-refractivity contribution in [3.05, 3.63) is 28.8 Å². The lowest BCUT2D eigenvalue weighted by atomic mass is 10.1. The standard InChI is InChI=1S/C13H21O3P/c1-6-15-17(14,16-7-2)13-11(4)8-10(3)9-12(13)5/h8-9H,6-7H2,1-5H3. The second-order valence-corrected chi connectivity index (χ2v) is 6.04. The summed E-state index contributed by atoms with van der Waals surface area (Å²) in [7, 11) is -3.17. The molecule has 0 atom stereocenters. The van der Waals surface area contributed by atoms with Crippen molar-refractivity contribution in [3.63, 3.8) is 0 Å². The normalized spacial score (nSPS) is 11.8. The van der Waals surface area contributed by atoms with Crippen molar-refractivity contribution in [1.29, 1.82) is 0 Å². The highest BCUT2D eigenvalue weighted by Crippen LogP contribution is 2.48. The summed E-state index contributed by atoms with van der Waals surface area (Å²) in [5.41, 5.74) is 3.09. The number of hydrogen-bond acceptors (Lipinski definition) is 3. The van der Waals surface area contributed by atoms with Gasteiger partial charge in [0.1, 0.15) is 0 Å². The molecule has 0 saturated carbocycles. The third-order valence-electron chi connectivity index (χ3n) is 2.51. The number of hydrogen-bond donors (Lipinski definition) is 0. The van der Waals surface area contributed by atoms with Gasteiger partial charge in [-0.15, -0.1) is 0 Å². The minimum atomic E-state index is -3.17. The fraction of sp³-hybridized carbons (Fsp3) is 0.538. The highest BCUT2D eigenvalue weighted by atomic mass is 31.2. The smallest absolute Gasteiger partial charge is 0.305 e. The van der Waals surface area contributed by atoms with Crippen LogP contribution in [0, 0.1) is 20.8 Å². The second-order valence-electron chi connectivity index (χ2n) is 4.08. The third-order valence-corrected chi connectivity index (χ3v) is 4.96. The van der Waals surface area contributed by atoms with E-state index >= 15 is 0 Å². The van der Waals surface area contributed by atoms with E-state index in [4.69, 9.17) is 9.05 Å². The average molecular weight is 256 g/mol. The Morgan fingerprint density at radius 1 is 1.00 bits per heavy atom. The Bertz CT molecular complexity index is 407. The van der Waals surface area contributed by atoms with Gasteiger partial charge < -0.3 is 9.05 Å². The third kappa shape index (κ3) is 3.19. The van der Waals surface area contributed by atoms with E-state index in [0.717, 1.165) is 16.7 Å². The molecular weight excluding hydrogens is 235 g/mol. The van der Waals surface area contributed by atoms with Crippen LogP contribution in [0.2, 0.25) is 0 Å². The van der Waals surface area contributed by atoms with Gasteiger partial charge in [0.25, 0.3) is 0 Å². The quantitative estimate of drug-likeness (QED) is 0.756. The Morgan fingerprint density at radius 2 is 1.41 bits per heavy atom. The van der Waals surface area contributed by atoms with Crippen LogP contribution in [0.5, 0.6) is 0 Å². The molecule has 0 aliphatic carbocycles. The Labute approximate surface area is 104 Å². The van der Waals surface area contributed by atoms with Crippen molar-refractivity contribution in [1.82, 2.24) is 0 Å². The largest absolute Gasteiger partial charge is 0.361 e. The van der Waals surface area contributed by atoms with E-state index in [0.29, 0.717) is 18.5 Å². The van der Waals surface area contributed by atoms with Crippen LogP contribution in [0.4, 0.5) is 0 Å². The minimum Gasteiger partial charge on any atom is -0.305 e. The Morgan fingerprint density at radius 3 is 1.76 bits per heavy atom. The summed E-state index contributed by atoms with van der Waals surface area (Å²) in [5.74, 6) is 0. The number of aryl methyl sites for hydroxylation is 3. The average Bonchev–Trinajstić information content (AvgIpc) is 2.15. The van der Waals surface area contributed by atoms with Crippen molar-refractivity contribution in [3.8, 4) is 0 Å². The molecule has 4 heteroatoms. The molecule has 1 rings (SSSR count). The molecule has 0 aliphatic heterocycles. The van der Waals surface area contributed by atoms with Crippen LogP contribution in [0.1, 0.15) is 30.5 Å². The van der Waals surface area contributed by atoms with Crippen LogP contribution in [0.25, 0.3) is 0 Å². The van der Waals surface area contributed by atoms with Crippen molar-refractivity contribution >= 4 is 12.9 Å². The summed E-state index contributed by atoms with van der Waals surface area (Å²) in [5, 5.41) is 0.715. The van der Waals surface area contributed by atoms with Crippen LogP contribution >= 0.6 is 7.60 Å². The summed E-state index contributed by atoms with van der Waals surface area (Å²) >= 11 is 0. The zero-order chi connectivity index (χ0) is 13.1. The van der Waals surface area contributed by atoms with E-state index in [2.05, 4.69) is 0 Å². The molecule has 0 radical (unpaired) electrons. The van der Waals surface area contributed by atoms with E-state index in [-0.39, 0.29) is 0 Å². The first-order valence-electron chi connectivity index (χ1n) is 5.92. The predicted molar refractivity (Wildman–Crippen MR) is 71.1 cm³/mol. The molecule has 0 N–H and O–H groups in total. The zero-order valence-corrected chi connectivity index (χ0v) is 12.1. The summed E-state index contributed by atoms with van der Waals surface area (Å²) in [6, 6.07) is 4.01. The first-order valence-corrected chi connectivity index (χ1v) is 7.46. The molecule has 96 valence electrons. The maximum atomic E-state index is 12.7. The highest BCUT2D eigenvalue weighted by molar-refractivity contribution is 7.62. The highest BCUT2D eigenvalue weighted by Gasteiger charge is 2.30. The fourth-order valence-corrected chi connectivity index (χ4v) is 4.12. The van der Waals surface area contributed by atoms with E-state index in [9.17, 15) is 4.57 Å². The SMILES string of the molecule is CCOP(=O)(OCC)c1c(C)cc(C)cc1C. The molecule has 0 heterocycles. The van der Waals surface area contributed by atoms with Crippen molar-refractivity contribution in [2.45, 2.75) is 34.6 Å². The Kier molecular flexibility index (Phi) is 4.93. The minimum absolute atomic E-state index is 0.379. The first kappa shape index (κ1) is 14.4. The van der Waals surface area contributed by atoms with E-state index in [1.54, 1.807) is 0 Å². The molecule has 1 aromatic carbocycles. The Balaban J connectivity index is 3.33. The molecule has 0 bridgehead atoms. The monoisotopic (exact) mass is 256 g/mol. The number of rotatable bonds is 5. The van der Waals surface area contributed by atoms with Gasteiger partial charge in [-0.25, -0.2) is 0 Å². The molecule has 0 amide bonds. The maximum Gasteiger partial charge on any atom is 0.361 e. The van der Waals surface area contributed by atoms with E-state index in [1.165, 1.54) is 0 Å². The molecule has 0 unspecified atom stereocenters. The van der Waals surface area contributed by atoms with E-state index < -0.39 is 7.60 Å². The molecular formula is C13H21O3P. The molecule has 3 nitrogen and oxygen atoms in total. The molecule has 0 spiro atoms. The van der Waals surface area contributed by atoms with Gasteiger partial charge in [0.15, 0.2) is 0 Å². The Hall–Kier alpha value is -0.630. The zero-order valence-electron chi connectivity index (χ0n) is 11.2. The van der Waals surface area contributed by atoms with Gasteiger partial charge in [0, 0.05) is 0 Å². The fourth-order valence-electron chi connectivity index (χ4n) is 2.11. The molecule has 0 aliphatic rings. The molecule has 1 aromatic rings. The van der Waals surface area contributed by atoms with Gasteiger partial charge in [-0.1, -0.05) is 17.7 Å². The predicted octanol–water partition coefficient (Wildman–Crippen LogP) is 3.50. The lowest BCUT2D eigenvalue weighted by molar-refractivity contribution is 0.229. The van der Waals surface area contributed by atoms with Gasteiger partial charge in [-0.2, -0.15) is 0 Å². The van der Waals surface area contributed by atoms with Crippen molar-refractivity contribution in [2.24, 2.45) is 0 Å². The van der Waals surface area contributed by atoms with Gasteiger partial charge in [-0.3, -0.25) is 4.57 Å². The van der Waals surface area contributed by atoms with Crippen LogP contribution in [0.3, 0.4) is 0 Å². The van der Waals surface area contributed by atoms with Crippen LogP contribution in [0.15, 0.2) is 12.1 Å². The molecule has 17 heavy (non-hydrogen) atoms. The topological polar surface area (TPSA) is 35.5 Å². The van der Waals surface area contributed by atoms with Crippen LogP contribution < -0.4 is 5.30 Å². The van der Waals surface area contributed by atoms with Crippen molar-refractivity contribution < 1.29 is 13.6 Å². The first-order chi connectivity index (χ1) is 7.94. The van der Waals surface area contributed by atoms with Gasteiger partial charge >= 0.3 is 7.60 Å². The van der Waals surface area contributed by atoms with Crippen molar-refractivity contribution in [2.75, 3.05) is 13.2 Å². The van der Waals surface area contributed by atoms with Crippen LogP contribution in [-0.4, -0.2) is 13.2 Å². The molecule has 0 aromatic heterocycles. The van der Waals surface area contributed by atoms with Gasteiger partial charge in [0.2, 0.25) is 0 Å². The van der Waals surface area contributed by atoms with E-state index in [1.807, 2.05) is 46.8 Å². The summed E-state index contributed by atoms with van der Waals surface area (Å²) in [6.07, 6.45) is 0. The summed E-state index contributed by atoms with van der Waals surface area (Å²) < 4.78 is 23.5. The maximum absolute atomic E-state index is 12.7. The van der Waals surface area contributed by atoms with Gasteiger partial charge in [-0.05, 0) is 45.7 Å². The lowest BCUT2D eigenvalue weighted by Crippen LogP contribution is -2.17. The number of benzene rings is 1. The second kappa shape index (κ2) is 5.81. The summed E-state index contributed by atoms with van der Waals surface area (Å²) in [4.78, 5) is 0. The summed E-state index contributed by atoms with van der Waals surface area (Å²) in [6.45, 7) is 10.3. The lowest BCUT2D eigenvalue weighted by Gasteiger charge is -2.21. The van der Waals surface area contributed by atoms with Gasteiger partial charge in [0.05, 0.1) is 18.5 Å².